The molecule has 3 nitrogen and oxygen atoms in total. The molecule has 0 radical (unpaired) electrons. The Kier molecular flexibility index (Phi) is 5.00. The Morgan fingerprint density at radius 3 is 2.38 bits per heavy atom. The summed E-state index contributed by atoms with van der Waals surface area (Å²) in [6.45, 7) is 2.06. The topological polar surface area (TPSA) is 46.2 Å². The molecule has 21 heavy (non-hydrogen) atoms. The van der Waals surface area contributed by atoms with Gasteiger partial charge in [-0.2, -0.15) is 0 Å². The quantitative estimate of drug-likeness (QED) is 0.849. The predicted molar refractivity (Wildman–Crippen MR) is 85.3 cm³/mol. The van der Waals surface area contributed by atoms with Gasteiger partial charge in [0.2, 0.25) is 0 Å². The summed E-state index contributed by atoms with van der Waals surface area (Å²) in [5.41, 5.74) is 1.28. The number of rotatable bonds is 5. The second-order valence-corrected chi connectivity index (χ2v) is 7.17. The Morgan fingerprint density at radius 2 is 1.81 bits per heavy atom. The maximum absolute atomic E-state index is 13.4. The zero-order valence-electron chi connectivity index (χ0n) is 11.4. The molecule has 1 N–H and O–H groups in total. The van der Waals surface area contributed by atoms with Gasteiger partial charge in [-0.3, -0.25) is 4.72 Å². The van der Waals surface area contributed by atoms with E-state index >= 15 is 0 Å². The van der Waals surface area contributed by atoms with Crippen molar-refractivity contribution in [1.29, 1.82) is 0 Å². The molecular formula is C15H15BrFNO2S. The molecule has 0 fully saturated rings. The van der Waals surface area contributed by atoms with Crippen LogP contribution in [-0.2, 0) is 16.4 Å². The fraction of sp³-hybridized carbons (Fsp3) is 0.200. The van der Waals surface area contributed by atoms with Crippen LogP contribution in [0.1, 0.15) is 18.9 Å². The van der Waals surface area contributed by atoms with Crippen LogP contribution in [0.4, 0.5) is 10.1 Å². The molecule has 0 unspecified atom stereocenters. The molecule has 0 spiro atoms. The summed E-state index contributed by atoms with van der Waals surface area (Å²) in [6, 6.07) is 10.8. The number of hydrogen-bond donors (Lipinski definition) is 1. The smallest absolute Gasteiger partial charge is 0.261 e. The van der Waals surface area contributed by atoms with E-state index in [-0.39, 0.29) is 15.1 Å². The number of sulfonamides is 1. The van der Waals surface area contributed by atoms with Crippen LogP contribution in [0.25, 0.3) is 0 Å². The zero-order chi connectivity index (χ0) is 15.5. The highest BCUT2D eigenvalue weighted by Gasteiger charge is 2.14. The molecule has 0 aromatic heterocycles. The van der Waals surface area contributed by atoms with Crippen molar-refractivity contribution in [3.63, 3.8) is 0 Å². The van der Waals surface area contributed by atoms with E-state index in [2.05, 4.69) is 27.6 Å². The number of anilines is 1. The second-order valence-electron chi connectivity index (χ2n) is 4.63. The lowest BCUT2D eigenvalue weighted by Crippen LogP contribution is -2.13. The van der Waals surface area contributed by atoms with Crippen molar-refractivity contribution < 1.29 is 12.8 Å². The van der Waals surface area contributed by atoms with Crippen LogP contribution >= 0.6 is 15.9 Å². The minimum atomic E-state index is -3.71. The van der Waals surface area contributed by atoms with Gasteiger partial charge >= 0.3 is 0 Å². The fourth-order valence-electron chi connectivity index (χ4n) is 1.90. The van der Waals surface area contributed by atoms with Crippen molar-refractivity contribution in [3.8, 4) is 0 Å². The number of nitrogens with one attached hydrogen (secondary N) is 1. The van der Waals surface area contributed by atoms with Crippen LogP contribution < -0.4 is 4.72 Å². The van der Waals surface area contributed by atoms with E-state index in [0.717, 1.165) is 24.5 Å². The molecule has 112 valence electrons. The maximum atomic E-state index is 13.4. The summed E-state index contributed by atoms with van der Waals surface area (Å²) in [4.78, 5) is 0.158. The Bertz CT molecular complexity index is 730. The van der Waals surface area contributed by atoms with Crippen molar-refractivity contribution in [1.82, 2.24) is 0 Å². The summed E-state index contributed by atoms with van der Waals surface area (Å²) in [5, 5.41) is 0. The van der Waals surface area contributed by atoms with Gasteiger partial charge < -0.3 is 0 Å². The Balaban J connectivity index is 2.23. The van der Waals surface area contributed by atoms with Crippen LogP contribution in [0.15, 0.2) is 51.8 Å². The molecule has 0 bridgehead atoms. The van der Waals surface area contributed by atoms with E-state index in [1.807, 2.05) is 0 Å². The Labute approximate surface area is 132 Å². The number of benzene rings is 2. The minimum absolute atomic E-state index is 0.158. The monoisotopic (exact) mass is 371 g/mol. The molecule has 0 saturated heterocycles. The van der Waals surface area contributed by atoms with Crippen LogP contribution in [-0.4, -0.2) is 8.42 Å². The maximum Gasteiger partial charge on any atom is 0.261 e. The van der Waals surface area contributed by atoms with Crippen molar-refractivity contribution in [2.24, 2.45) is 0 Å². The van der Waals surface area contributed by atoms with E-state index in [1.54, 1.807) is 24.3 Å². The molecule has 0 aliphatic carbocycles. The summed E-state index contributed by atoms with van der Waals surface area (Å²) in [5.74, 6) is -0.520. The van der Waals surface area contributed by atoms with Gasteiger partial charge in [0.05, 0.1) is 15.1 Å². The SMILES string of the molecule is CCCc1ccc(S(=O)(=O)Nc2ccc(Br)c(F)c2)cc1. The van der Waals surface area contributed by atoms with Crippen molar-refractivity contribution in [2.45, 2.75) is 24.7 Å². The second kappa shape index (κ2) is 6.58. The molecule has 0 aliphatic heterocycles. The van der Waals surface area contributed by atoms with Crippen LogP contribution in [0, 0.1) is 5.82 Å². The largest absolute Gasteiger partial charge is 0.280 e. The summed E-state index contributed by atoms with van der Waals surface area (Å²) in [6.07, 6.45) is 1.91. The number of hydrogen-bond acceptors (Lipinski definition) is 2. The third-order valence-corrected chi connectivity index (χ3v) is 4.98. The summed E-state index contributed by atoms with van der Waals surface area (Å²) in [7, 11) is -3.71. The highest BCUT2D eigenvalue weighted by molar-refractivity contribution is 9.10. The van der Waals surface area contributed by atoms with Crippen molar-refractivity contribution >= 4 is 31.6 Å². The third kappa shape index (κ3) is 4.04. The molecular weight excluding hydrogens is 357 g/mol. The van der Waals surface area contributed by atoms with E-state index in [1.165, 1.54) is 12.1 Å². The normalized spacial score (nSPS) is 11.4. The van der Waals surface area contributed by atoms with Gasteiger partial charge in [0, 0.05) is 0 Å². The first-order valence-corrected chi connectivity index (χ1v) is 8.77. The first-order valence-electron chi connectivity index (χ1n) is 6.49. The lowest BCUT2D eigenvalue weighted by atomic mass is 10.1. The summed E-state index contributed by atoms with van der Waals surface area (Å²) >= 11 is 3.02. The minimum Gasteiger partial charge on any atom is -0.280 e. The highest BCUT2D eigenvalue weighted by atomic mass is 79.9. The molecule has 0 saturated carbocycles. The number of aryl methyl sites for hydroxylation is 1. The van der Waals surface area contributed by atoms with E-state index in [9.17, 15) is 12.8 Å². The molecule has 0 heterocycles. The average molecular weight is 372 g/mol. The first kappa shape index (κ1) is 16.0. The van der Waals surface area contributed by atoms with Gasteiger partial charge in [-0.05, 0) is 58.2 Å². The lowest BCUT2D eigenvalue weighted by molar-refractivity contribution is 0.601. The molecule has 0 aliphatic rings. The van der Waals surface area contributed by atoms with Crippen LogP contribution in [0.3, 0.4) is 0 Å². The van der Waals surface area contributed by atoms with Gasteiger partial charge in [0.25, 0.3) is 10.0 Å². The molecule has 0 amide bonds. The van der Waals surface area contributed by atoms with E-state index in [0.29, 0.717) is 0 Å². The molecule has 0 atom stereocenters. The van der Waals surface area contributed by atoms with E-state index < -0.39 is 15.8 Å². The zero-order valence-corrected chi connectivity index (χ0v) is 13.8. The van der Waals surface area contributed by atoms with Crippen molar-refractivity contribution in [2.75, 3.05) is 4.72 Å². The van der Waals surface area contributed by atoms with Gasteiger partial charge in [-0.25, -0.2) is 12.8 Å². The van der Waals surface area contributed by atoms with Gasteiger partial charge in [-0.1, -0.05) is 25.5 Å². The number of halogens is 2. The van der Waals surface area contributed by atoms with Crippen molar-refractivity contribution in [3.05, 3.63) is 58.3 Å². The third-order valence-electron chi connectivity index (χ3n) is 2.94. The predicted octanol–water partition coefficient (Wildman–Crippen LogP) is 4.34. The molecule has 2 rings (SSSR count). The molecule has 2 aromatic rings. The van der Waals surface area contributed by atoms with Gasteiger partial charge in [0.15, 0.2) is 0 Å². The average Bonchev–Trinajstić information content (AvgIpc) is 2.44. The molecule has 6 heteroatoms. The highest BCUT2D eigenvalue weighted by Crippen LogP contribution is 2.22. The van der Waals surface area contributed by atoms with Crippen LogP contribution in [0.2, 0.25) is 0 Å². The lowest BCUT2D eigenvalue weighted by Gasteiger charge is -2.09. The van der Waals surface area contributed by atoms with Crippen LogP contribution in [0.5, 0.6) is 0 Å². The summed E-state index contributed by atoms with van der Waals surface area (Å²) < 4.78 is 40.5. The van der Waals surface area contributed by atoms with Gasteiger partial charge in [-0.15, -0.1) is 0 Å². The van der Waals surface area contributed by atoms with Gasteiger partial charge in [0.1, 0.15) is 5.82 Å². The first-order chi connectivity index (χ1) is 9.92. The van der Waals surface area contributed by atoms with E-state index in [4.69, 9.17) is 0 Å². The Morgan fingerprint density at radius 1 is 1.14 bits per heavy atom. The Hall–Kier alpha value is -1.40. The standard InChI is InChI=1S/C15H15BrFNO2S/c1-2-3-11-4-7-13(8-5-11)21(19,20)18-12-6-9-14(16)15(17)10-12/h4-10,18H,2-3H2,1H3. The molecule has 2 aromatic carbocycles. The fourth-order valence-corrected chi connectivity index (χ4v) is 3.19.